The summed E-state index contributed by atoms with van der Waals surface area (Å²) in [5, 5.41) is 15.6. The predicted octanol–water partition coefficient (Wildman–Crippen LogP) is 1.75. The van der Waals surface area contributed by atoms with Gasteiger partial charge in [-0.1, -0.05) is 6.07 Å². The minimum Gasteiger partial charge on any atom is -0.394 e. The fraction of sp³-hybridized carbons (Fsp3) is 0.684. The number of rotatable bonds is 7. The van der Waals surface area contributed by atoms with Gasteiger partial charge in [-0.25, -0.2) is 4.79 Å². The van der Waals surface area contributed by atoms with E-state index in [1.807, 2.05) is 19.2 Å². The summed E-state index contributed by atoms with van der Waals surface area (Å²) in [7, 11) is 0. The summed E-state index contributed by atoms with van der Waals surface area (Å²) in [5.41, 5.74) is 0.750. The first-order valence-electron chi connectivity index (χ1n) is 9.37. The molecule has 2 amide bonds. The number of urea groups is 1. The van der Waals surface area contributed by atoms with Gasteiger partial charge in [-0.05, 0) is 62.6 Å². The maximum Gasteiger partial charge on any atom is 0.315 e. The molecule has 1 saturated carbocycles. The number of piperidine rings is 1. The molecule has 1 aliphatic heterocycles. The molecular weight excluding hydrogens is 316 g/mol. The highest BCUT2D eigenvalue weighted by molar-refractivity contribution is 5.74. The highest BCUT2D eigenvalue weighted by Gasteiger charge is 2.42. The first-order valence-corrected chi connectivity index (χ1v) is 9.37. The van der Waals surface area contributed by atoms with E-state index in [0.29, 0.717) is 18.4 Å². The number of hydrogen-bond acceptors (Lipinski definition) is 4. The summed E-state index contributed by atoms with van der Waals surface area (Å²) >= 11 is 0. The lowest BCUT2D eigenvalue weighted by atomic mass is 9.97. The molecule has 6 nitrogen and oxygen atoms in total. The third kappa shape index (κ3) is 5.16. The van der Waals surface area contributed by atoms with E-state index in [1.165, 1.54) is 5.56 Å². The molecule has 6 heteroatoms. The largest absolute Gasteiger partial charge is 0.394 e. The van der Waals surface area contributed by atoms with Gasteiger partial charge in [0.1, 0.15) is 0 Å². The molecule has 0 aromatic carbocycles. The van der Waals surface area contributed by atoms with Gasteiger partial charge in [0.25, 0.3) is 0 Å². The van der Waals surface area contributed by atoms with Gasteiger partial charge >= 0.3 is 6.03 Å². The van der Waals surface area contributed by atoms with Crippen molar-refractivity contribution in [1.29, 1.82) is 0 Å². The standard InChI is InChI=1S/C19H30N4O2/c1-19(14-24,17-6-7-17)22-18(25)21-11-16-5-3-9-23(13-16)12-15-4-2-8-20-10-15/h2,4,8,10,16-17,24H,3,5-7,9,11-14H2,1H3,(H2,21,22,25). The Hall–Kier alpha value is -1.66. The second-order valence-corrected chi connectivity index (χ2v) is 7.79. The van der Waals surface area contributed by atoms with Crippen molar-refractivity contribution >= 4 is 6.03 Å². The molecule has 2 atom stereocenters. The molecule has 138 valence electrons. The SMILES string of the molecule is CC(CO)(NC(=O)NCC1CCCN(Cc2cccnc2)C1)C1CC1. The van der Waals surface area contributed by atoms with Crippen molar-refractivity contribution in [3.05, 3.63) is 30.1 Å². The number of amides is 2. The van der Waals surface area contributed by atoms with Crippen LogP contribution in [0.25, 0.3) is 0 Å². The normalized spacial score (nSPS) is 23.7. The van der Waals surface area contributed by atoms with Crippen LogP contribution in [0.4, 0.5) is 4.79 Å². The molecule has 1 saturated heterocycles. The topological polar surface area (TPSA) is 77.5 Å². The van der Waals surface area contributed by atoms with Crippen LogP contribution < -0.4 is 10.6 Å². The summed E-state index contributed by atoms with van der Waals surface area (Å²) in [4.78, 5) is 18.8. The van der Waals surface area contributed by atoms with Crippen LogP contribution in [-0.2, 0) is 6.54 Å². The molecule has 0 bridgehead atoms. The van der Waals surface area contributed by atoms with E-state index in [9.17, 15) is 9.90 Å². The molecule has 25 heavy (non-hydrogen) atoms. The zero-order valence-electron chi connectivity index (χ0n) is 15.1. The number of nitrogens with one attached hydrogen (secondary N) is 2. The second kappa shape index (κ2) is 8.15. The van der Waals surface area contributed by atoms with Gasteiger partial charge in [0.2, 0.25) is 0 Å². The number of pyridine rings is 1. The van der Waals surface area contributed by atoms with Gasteiger partial charge in [0, 0.05) is 32.0 Å². The molecule has 1 aromatic rings. The van der Waals surface area contributed by atoms with E-state index in [1.54, 1.807) is 6.20 Å². The highest BCUT2D eigenvalue weighted by Crippen LogP contribution is 2.39. The molecule has 3 rings (SSSR count). The minimum atomic E-state index is -0.483. The molecule has 2 aliphatic rings. The maximum atomic E-state index is 12.2. The van der Waals surface area contributed by atoms with Crippen LogP contribution in [0.3, 0.4) is 0 Å². The predicted molar refractivity (Wildman–Crippen MR) is 97.0 cm³/mol. The molecule has 2 heterocycles. The molecule has 3 N–H and O–H groups in total. The second-order valence-electron chi connectivity index (χ2n) is 7.79. The van der Waals surface area contributed by atoms with Gasteiger partial charge < -0.3 is 15.7 Å². The van der Waals surface area contributed by atoms with Gasteiger partial charge in [-0.3, -0.25) is 9.88 Å². The smallest absolute Gasteiger partial charge is 0.315 e. The van der Waals surface area contributed by atoms with Gasteiger partial charge in [-0.15, -0.1) is 0 Å². The Morgan fingerprint density at radius 1 is 1.44 bits per heavy atom. The van der Waals surface area contributed by atoms with Crippen LogP contribution in [0.2, 0.25) is 0 Å². The average Bonchev–Trinajstić information content (AvgIpc) is 3.47. The zero-order valence-corrected chi connectivity index (χ0v) is 15.1. The molecule has 0 radical (unpaired) electrons. The summed E-state index contributed by atoms with van der Waals surface area (Å²) in [6, 6.07) is 3.92. The van der Waals surface area contributed by atoms with Gasteiger partial charge in [0.15, 0.2) is 0 Å². The lowest BCUT2D eigenvalue weighted by Crippen LogP contribution is -2.55. The molecule has 1 aromatic heterocycles. The van der Waals surface area contributed by atoms with Crippen molar-refractivity contribution < 1.29 is 9.90 Å². The highest BCUT2D eigenvalue weighted by atomic mass is 16.3. The summed E-state index contributed by atoms with van der Waals surface area (Å²) in [6.45, 7) is 5.62. The minimum absolute atomic E-state index is 0.00654. The fourth-order valence-electron chi connectivity index (χ4n) is 3.74. The molecule has 1 aliphatic carbocycles. The Balaban J connectivity index is 1.42. The Morgan fingerprint density at radius 3 is 2.96 bits per heavy atom. The Morgan fingerprint density at radius 2 is 2.28 bits per heavy atom. The van der Waals surface area contributed by atoms with Crippen LogP contribution >= 0.6 is 0 Å². The van der Waals surface area contributed by atoms with Crippen molar-refractivity contribution in [1.82, 2.24) is 20.5 Å². The van der Waals surface area contributed by atoms with Crippen molar-refractivity contribution in [3.8, 4) is 0 Å². The first-order chi connectivity index (χ1) is 12.1. The maximum absolute atomic E-state index is 12.2. The number of carbonyl (C=O) groups excluding carboxylic acids is 1. The quantitative estimate of drug-likeness (QED) is 0.703. The lowest BCUT2D eigenvalue weighted by Gasteiger charge is -2.33. The van der Waals surface area contributed by atoms with E-state index in [4.69, 9.17) is 0 Å². The molecule has 2 fully saturated rings. The summed E-state index contributed by atoms with van der Waals surface area (Å²) < 4.78 is 0. The lowest BCUT2D eigenvalue weighted by molar-refractivity contribution is 0.149. The van der Waals surface area contributed by atoms with Gasteiger partial charge in [-0.2, -0.15) is 0 Å². The van der Waals surface area contributed by atoms with E-state index >= 15 is 0 Å². The Bertz CT molecular complexity index is 564. The van der Waals surface area contributed by atoms with Crippen molar-refractivity contribution in [2.45, 2.75) is 44.7 Å². The number of aliphatic hydroxyl groups excluding tert-OH is 1. The summed E-state index contributed by atoms with van der Waals surface area (Å²) in [5.74, 6) is 0.880. The van der Waals surface area contributed by atoms with Crippen LogP contribution in [0.1, 0.15) is 38.2 Å². The van der Waals surface area contributed by atoms with E-state index in [2.05, 4.69) is 26.6 Å². The van der Waals surface area contributed by atoms with Crippen LogP contribution in [-0.4, -0.2) is 52.8 Å². The molecule has 2 unspecified atom stereocenters. The first kappa shape index (κ1) is 18.1. The number of hydrogen-bond donors (Lipinski definition) is 3. The van der Waals surface area contributed by atoms with E-state index in [-0.39, 0.29) is 12.6 Å². The molecule has 0 spiro atoms. The third-order valence-corrected chi connectivity index (χ3v) is 5.49. The average molecular weight is 346 g/mol. The molecular formula is C19H30N4O2. The summed E-state index contributed by atoms with van der Waals surface area (Å²) in [6.07, 6.45) is 8.19. The van der Waals surface area contributed by atoms with Crippen molar-refractivity contribution in [2.24, 2.45) is 11.8 Å². The number of aliphatic hydroxyl groups is 1. The van der Waals surface area contributed by atoms with E-state index in [0.717, 1.165) is 45.3 Å². The third-order valence-electron chi connectivity index (χ3n) is 5.49. The van der Waals surface area contributed by atoms with Crippen LogP contribution in [0, 0.1) is 11.8 Å². The van der Waals surface area contributed by atoms with Crippen molar-refractivity contribution in [3.63, 3.8) is 0 Å². The fourth-order valence-corrected chi connectivity index (χ4v) is 3.74. The zero-order chi connectivity index (χ0) is 17.7. The van der Waals surface area contributed by atoms with Crippen LogP contribution in [0.15, 0.2) is 24.5 Å². The number of nitrogens with zero attached hydrogens (tertiary/aromatic N) is 2. The monoisotopic (exact) mass is 346 g/mol. The van der Waals surface area contributed by atoms with E-state index < -0.39 is 5.54 Å². The number of likely N-dealkylation sites (tertiary alicyclic amines) is 1. The Labute approximate surface area is 150 Å². The number of aromatic nitrogens is 1. The van der Waals surface area contributed by atoms with Crippen molar-refractivity contribution in [2.75, 3.05) is 26.2 Å². The Kier molecular flexibility index (Phi) is 5.91. The van der Waals surface area contributed by atoms with Crippen LogP contribution in [0.5, 0.6) is 0 Å². The number of carbonyl (C=O) groups is 1. The van der Waals surface area contributed by atoms with Gasteiger partial charge in [0.05, 0.1) is 12.1 Å².